The molecule has 0 spiro atoms. The molecule has 23 heavy (non-hydrogen) atoms. The van der Waals surface area contributed by atoms with Crippen LogP contribution in [0.3, 0.4) is 0 Å². The molecule has 1 aliphatic heterocycles. The van der Waals surface area contributed by atoms with Crippen molar-refractivity contribution in [2.75, 3.05) is 13.1 Å². The predicted molar refractivity (Wildman–Crippen MR) is 85.9 cm³/mol. The Labute approximate surface area is 136 Å². The number of hydrogen-bond acceptors (Lipinski definition) is 4. The molecule has 1 N–H and O–H groups in total. The molecule has 0 bridgehead atoms. The summed E-state index contributed by atoms with van der Waals surface area (Å²) in [5.41, 5.74) is 2.19. The highest BCUT2D eigenvalue weighted by atomic mass is 16.2. The fourth-order valence-corrected chi connectivity index (χ4v) is 3.25. The Morgan fingerprint density at radius 1 is 1.35 bits per heavy atom. The lowest BCUT2D eigenvalue weighted by Gasteiger charge is -2.31. The monoisotopic (exact) mass is 316 g/mol. The molecule has 0 aromatic carbocycles. The van der Waals surface area contributed by atoms with Gasteiger partial charge in [0.2, 0.25) is 5.91 Å². The van der Waals surface area contributed by atoms with E-state index in [0.29, 0.717) is 12.3 Å². The number of nitrogens with one attached hydrogen (secondary N) is 1. The fraction of sp³-hybridized carbons (Fsp3) is 0.625. The first-order valence-corrected chi connectivity index (χ1v) is 8.27. The van der Waals surface area contributed by atoms with Crippen LogP contribution in [0.1, 0.15) is 48.8 Å². The predicted octanol–water partition coefficient (Wildman–Crippen LogP) is 1.80. The van der Waals surface area contributed by atoms with E-state index in [2.05, 4.69) is 33.3 Å². The fourth-order valence-electron chi connectivity index (χ4n) is 3.25. The van der Waals surface area contributed by atoms with Crippen LogP contribution in [0, 0.1) is 13.8 Å². The van der Waals surface area contributed by atoms with Crippen molar-refractivity contribution in [3.8, 4) is 0 Å². The van der Waals surface area contributed by atoms with Crippen molar-refractivity contribution in [2.24, 2.45) is 0 Å². The highest BCUT2D eigenvalue weighted by Gasteiger charge is 2.25. The molecule has 2 aromatic rings. The van der Waals surface area contributed by atoms with Crippen LogP contribution < -0.4 is 0 Å². The number of aromatic amines is 1. The second kappa shape index (κ2) is 6.93. The maximum Gasteiger partial charge on any atom is 0.222 e. The van der Waals surface area contributed by atoms with Crippen molar-refractivity contribution >= 4 is 5.91 Å². The Kier molecular flexibility index (Phi) is 4.73. The third kappa shape index (κ3) is 3.78. The molecule has 1 saturated heterocycles. The molecule has 0 atom stereocenters. The molecular formula is C16H24N6O. The van der Waals surface area contributed by atoms with Crippen LogP contribution in [0.2, 0.25) is 0 Å². The molecule has 7 heteroatoms. The summed E-state index contributed by atoms with van der Waals surface area (Å²) in [7, 11) is 0. The molecule has 2 aromatic heterocycles. The van der Waals surface area contributed by atoms with E-state index in [4.69, 9.17) is 0 Å². The number of hydrogen-bond donors (Lipinski definition) is 1. The second-order valence-electron chi connectivity index (χ2n) is 6.28. The standard InChI is InChI=1S/C16H24N6O/c1-12-10-13(2)22(20-12)7-3-4-15(23)21-8-5-14(6-9-21)16-17-11-18-19-16/h10-11,14H,3-9H2,1-2H3,(H,17,18,19). The summed E-state index contributed by atoms with van der Waals surface area (Å²) in [6.07, 6.45) is 4.89. The van der Waals surface area contributed by atoms with E-state index in [0.717, 1.165) is 56.1 Å². The molecule has 0 unspecified atom stereocenters. The Balaban J connectivity index is 1.42. The number of likely N-dealkylation sites (tertiary alicyclic amines) is 1. The van der Waals surface area contributed by atoms with Gasteiger partial charge >= 0.3 is 0 Å². The van der Waals surface area contributed by atoms with Crippen LogP contribution in [-0.4, -0.2) is 48.9 Å². The zero-order valence-corrected chi connectivity index (χ0v) is 13.8. The summed E-state index contributed by atoms with van der Waals surface area (Å²) in [5.74, 6) is 1.60. The van der Waals surface area contributed by atoms with E-state index < -0.39 is 0 Å². The Bertz CT molecular complexity index is 640. The van der Waals surface area contributed by atoms with Crippen molar-refractivity contribution in [3.63, 3.8) is 0 Å². The summed E-state index contributed by atoms with van der Waals surface area (Å²) < 4.78 is 1.98. The molecule has 124 valence electrons. The number of aromatic nitrogens is 5. The van der Waals surface area contributed by atoms with Gasteiger partial charge in [-0.3, -0.25) is 14.6 Å². The van der Waals surface area contributed by atoms with Crippen molar-refractivity contribution in [1.82, 2.24) is 29.9 Å². The number of H-pyrrole nitrogens is 1. The largest absolute Gasteiger partial charge is 0.343 e. The minimum absolute atomic E-state index is 0.252. The maximum absolute atomic E-state index is 12.3. The molecule has 1 fully saturated rings. The number of nitrogens with zero attached hydrogens (tertiary/aromatic N) is 5. The number of piperidine rings is 1. The molecule has 7 nitrogen and oxygen atoms in total. The first kappa shape index (κ1) is 15.7. The van der Waals surface area contributed by atoms with Gasteiger partial charge in [-0.1, -0.05) is 0 Å². The zero-order valence-electron chi connectivity index (χ0n) is 13.8. The van der Waals surface area contributed by atoms with Crippen molar-refractivity contribution in [1.29, 1.82) is 0 Å². The van der Waals surface area contributed by atoms with Crippen LogP contribution in [-0.2, 0) is 11.3 Å². The minimum Gasteiger partial charge on any atom is -0.343 e. The first-order chi connectivity index (χ1) is 11.1. The molecule has 3 rings (SSSR count). The SMILES string of the molecule is Cc1cc(C)n(CCCC(=O)N2CCC(c3ncn[nH]3)CC2)n1. The van der Waals surface area contributed by atoms with E-state index >= 15 is 0 Å². The van der Waals surface area contributed by atoms with Crippen LogP contribution in [0.4, 0.5) is 0 Å². The summed E-state index contributed by atoms with van der Waals surface area (Å²) >= 11 is 0. The Hall–Kier alpha value is -2.18. The molecule has 1 aliphatic rings. The van der Waals surface area contributed by atoms with Gasteiger partial charge in [0.25, 0.3) is 0 Å². The van der Waals surface area contributed by atoms with Gasteiger partial charge in [-0.05, 0) is 39.2 Å². The molecule has 3 heterocycles. The molecular weight excluding hydrogens is 292 g/mol. The average molecular weight is 316 g/mol. The highest BCUT2D eigenvalue weighted by molar-refractivity contribution is 5.76. The lowest BCUT2D eigenvalue weighted by molar-refractivity contribution is -0.132. The topological polar surface area (TPSA) is 79.7 Å². The summed E-state index contributed by atoms with van der Waals surface area (Å²) in [6.45, 7) is 6.47. The van der Waals surface area contributed by atoms with E-state index in [1.165, 1.54) is 0 Å². The maximum atomic E-state index is 12.3. The molecule has 0 radical (unpaired) electrons. The lowest BCUT2D eigenvalue weighted by atomic mass is 9.96. The summed E-state index contributed by atoms with van der Waals surface area (Å²) in [5, 5.41) is 11.3. The summed E-state index contributed by atoms with van der Waals surface area (Å²) in [4.78, 5) is 18.5. The lowest BCUT2D eigenvalue weighted by Crippen LogP contribution is -2.38. The number of carbonyl (C=O) groups is 1. The van der Waals surface area contributed by atoms with Crippen LogP contribution >= 0.6 is 0 Å². The van der Waals surface area contributed by atoms with Crippen molar-refractivity contribution in [2.45, 2.75) is 52.0 Å². The van der Waals surface area contributed by atoms with E-state index in [1.807, 2.05) is 16.5 Å². The van der Waals surface area contributed by atoms with Gasteiger partial charge in [0, 0.05) is 37.7 Å². The quantitative estimate of drug-likeness (QED) is 0.912. The van der Waals surface area contributed by atoms with Crippen molar-refractivity contribution < 1.29 is 4.79 Å². The van der Waals surface area contributed by atoms with Crippen LogP contribution in [0.25, 0.3) is 0 Å². The average Bonchev–Trinajstić information content (AvgIpc) is 3.18. The normalized spacial score (nSPS) is 16.0. The zero-order chi connectivity index (χ0) is 16.2. The van der Waals surface area contributed by atoms with Gasteiger partial charge in [0.15, 0.2) is 0 Å². The third-order valence-electron chi connectivity index (χ3n) is 4.53. The number of rotatable bonds is 5. The minimum atomic E-state index is 0.252. The van der Waals surface area contributed by atoms with Gasteiger partial charge in [-0.25, -0.2) is 4.98 Å². The summed E-state index contributed by atoms with van der Waals surface area (Å²) in [6, 6.07) is 2.07. The van der Waals surface area contributed by atoms with Gasteiger partial charge < -0.3 is 4.90 Å². The van der Waals surface area contributed by atoms with Crippen LogP contribution in [0.5, 0.6) is 0 Å². The van der Waals surface area contributed by atoms with Gasteiger partial charge in [-0.2, -0.15) is 10.2 Å². The Morgan fingerprint density at radius 2 is 2.13 bits per heavy atom. The molecule has 0 saturated carbocycles. The van der Waals surface area contributed by atoms with Gasteiger partial charge in [0.1, 0.15) is 12.2 Å². The molecule has 1 amide bonds. The van der Waals surface area contributed by atoms with Crippen molar-refractivity contribution in [3.05, 3.63) is 29.6 Å². The van der Waals surface area contributed by atoms with Gasteiger partial charge in [0.05, 0.1) is 5.69 Å². The second-order valence-corrected chi connectivity index (χ2v) is 6.28. The van der Waals surface area contributed by atoms with E-state index in [1.54, 1.807) is 6.33 Å². The number of amides is 1. The first-order valence-electron chi connectivity index (χ1n) is 8.27. The molecule has 0 aliphatic carbocycles. The van der Waals surface area contributed by atoms with Crippen LogP contribution in [0.15, 0.2) is 12.4 Å². The third-order valence-corrected chi connectivity index (χ3v) is 4.53. The number of aryl methyl sites for hydroxylation is 3. The highest BCUT2D eigenvalue weighted by Crippen LogP contribution is 2.25. The van der Waals surface area contributed by atoms with Gasteiger partial charge in [-0.15, -0.1) is 0 Å². The number of carbonyl (C=O) groups excluding carboxylic acids is 1. The Morgan fingerprint density at radius 3 is 2.74 bits per heavy atom. The smallest absolute Gasteiger partial charge is 0.222 e. The van der Waals surface area contributed by atoms with E-state index in [-0.39, 0.29) is 5.91 Å². The van der Waals surface area contributed by atoms with E-state index in [9.17, 15) is 4.79 Å².